The molecule has 1 aliphatic heterocycles. The number of hydrogen-bond donors (Lipinski definition) is 0. The standard InChI is InChI=1S/C12H14BrN3S/c1-8-4-10-11(14-7-15-12(10)17-8)16-3-2-9(5-13)6-16/h4,7,9H,2-3,5-6H2,1H3. The Kier molecular flexibility index (Phi) is 3.04. The van der Waals surface area contributed by atoms with Crippen molar-refractivity contribution < 1.29 is 0 Å². The van der Waals surface area contributed by atoms with Crippen LogP contribution in [0.2, 0.25) is 0 Å². The summed E-state index contributed by atoms with van der Waals surface area (Å²) in [6.07, 6.45) is 2.94. The second-order valence-electron chi connectivity index (χ2n) is 4.53. The van der Waals surface area contributed by atoms with Gasteiger partial charge in [-0.05, 0) is 25.3 Å². The average molecular weight is 312 g/mol. The highest BCUT2D eigenvalue weighted by atomic mass is 79.9. The highest BCUT2D eigenvalue weighted by Gasteiger charge is 2.24. The fraction of sp³-hybridized carbons (Fsp3) is 0.500. The van der Waals surface area contributed by atoms with E-state index < -0.39 is 0 Å². The first-order valence-electron chi connectivity index (χ1n) is 5.80. The summed E-state index contributed by atoms with van der Waals surface area (Å²) in [6, 6.07) is 2.21. The van der Waals surface area contributed by atoms with Gasteiger partial charge in [0.1, 0.15) is 17.0 Å². The number of hydrogen-bond acceptors (Lipinski definition) is 4. The van der Waals surface area contributed by atoms with Crippen LogP contribution in [-0.4, -0.2) is 28.4 Å². The maximum Gasteiger partial charge on any atom is 0.140 e. The van der Waals surface area contributed by atoms with Crippen molar-refractivity contribution in [2.45, 2.75) is 13.3 Å². The zero-order valence-electron chi connectivity index (χ0n) is 9.69. The van der Waals surface area contributed by atoms with Crippen LogP contribution in [0.15, 0.2) is 12.4 Å². The zero-order valence-corrected chi connectivity index (χ0v) is 12.1. The van der Waals surface area contributed by atoms with Crippen LogP contribution in [0.4, 0.5) is 5.82 Å². The van der Waals surface area contributed by atoms with Crippen molar-refractivity contribution in [3.8, 4) is 0 Å². The van der Waals surface area contributed by atoms with Gasteiger partial charge < -0.3 is 4.90 Å². The molecule has 0 amide bonds. The molecular weight excluding hydrogens is 298 g/mol. The van der Waals surface area contributed by atoms with Gasteiger partial charge in [-0.3, -0.25) is 0 Å². The van der Waals surface area contributed by atoms with Crippen molar-refractivity contribution in [1.29, 1.82) is 0 Å². The first-order chi connectivity index (χ1) is 8.28. The van der Waals surface area contributed by atoms with Gasteiger partial charge in [-0.25, -0.2) is 9.97 Å². The number of halogens is 1. The number of aryl methyl sites for hydroxylation is 1. The summed E-state index contributed by atoms with van der Waals surface area (Å²) in [6.45, 7) is 4.34. The van der Waals surface area contributed by atoms with Crippen LogP contribution in [0.5, 0.6) is 0 Å². The van der Waals surface area contributed by atoms with E-state index in [9.17, 15) is 0 Å². The molecule has 0 N–H and O–H groups in total. The molecule has 2 aromatic rings. The molecule has 0 radical (unpaired) electrons. The molecule has 0 aromatic carbocycles. The fourth-order valence-corrected chi connectivity index (χ4v) is 3.74. The Balaban J connectivity index is 2.00. The monoisotopic (exact) mass is 311 g/mol. The lowest BCUT2D eigenvalue weighted by Gasteiger charge is -2.17. The van der Waals surface area contributed by atoms with Gasteiger partial charge in [-0.2, -0.15) is 0 Å². The topological polar surface area (TPSA) is 29.0 Å². The van der Waals surface area contributed by atoms with Crippen molar-refractivity contribution in [2.75, 3.05) is 23.3 Å². The Morgan fingerprint density at radius 3 is 3.18 bits per heavy atom. The molecular formula is C12H14BrN3S. The maximum atomic E-state index is 4.48. The highest BCUT2D eigenvalue weighted by molar-refractivity contribution is 9.09. The summed E-state index contributed by atoms with van der Waals surface area (Å²) >= 11 is 5.32. The van der Waals surface area contributed by atoms with Crippen molar-refractivity contribution in [3.63, 3.8) is 0 Å². The minimum absolute atomic E-state index is 0.750. The van der Waals surface area contributed by atoms with E-state index in [-0.39, 0.29) is 0 Å². The summed E-state index contributed by atoms with van der Waals surface area (Å²) in [7, 11) is 0. The Bertz CT molecular complexity index is 540. The van der Waals surface area contributed by atoms with Gasteiger partial charge in [0.2, 0.25) is 0 Å². The Hall–Kier alpha value is -0.680. The molecule has 1 atom stereocenters. The minimum Gasteiger partial charge on any atom is -0.356 e. The molecule has 3 rings (SSSR count). The molecule has 1 fully saturated rings. The quantitative estimate of drug-likeness (QED) is 0.797. The van der Waals surface area contributed by atoms with Crippen molar-refractivity contribution >= 4 is 43.3 Å². The first kappa shape index (κ1) is 11.4. The van der Waals surface area contributed by atoms with Crippen LogP contribution < -0.4 is 4.90 Å². The summed E-state index contributed by atoms with van der Waals surface area (Å²) in [5, 5.41) is 2.30. The van der Waals surface area contributed by atoms with Crippen molar-refractivity contribution in [2.24, 2.45) is 5.92 Å². The third kappa shape index (κ3) is 2.06. The molecule has 17 heavy (non-hydrogen) atoms. The average Bonchev–Trinajstić information content (AvgIpc) is 2.92. The molecule has 0 spiro atoms. The maximum absolute atomic E-state index is 4.48. The molecule has 0 saturated carbocycles. The number of nitrogens with zero attached hydrogens (tertiary/aromatic N) is 3. The third-order valence-corrected chi connectivity index (χ3v) is 5.11. The molecule has 2 aromatic heterocycles. The number of rotatable bonds is 2. The van der Waals surface area contributed by atoms with Gasteiger partial charge in [0.25, 0.3) is 0 Å². The van der Waals surface area contributed by atoms with Crippen LogP contribution >= 0.6 is 27.3 Å². The van der Waals surface area contributed by atoms with E-state index in [1.807, 2.05) is 0 Å². The van der Waals surface area contributed by atoms with E-state index in [2.05, 4.69) is 43.8 Å². The van der Waals surface area contributed by atoms with E-state index >= 15 is 0 Å². The lowest BCUT2D eigenvalue weighted by Crippen LogP contribution is -2.21. The van der Waals surface area contributed by atoms with E-state index in [1.165, 1.54) is 16.7 Å². The largest absolute Gasteiger partial charge is 0.356 e. The second kappa shape index (κ2) is 4.53. The Labute approximate surface area is 113 Å². The summed E-state index contributed by atoms with van der Waals surface area (Å²) in [5.41, 5.74) is 0. The van der Waals surface area contributed by atoms with E-state index in [4.69, 9.17) is 0 Å². The van der Waals surface area contributed by atoms with Crippen molar-refractivity contribution in [3.05, 3.63) is 17.3 Å². The summed E-state index contributed by atoms with van der Waals surface area (Å²) in [5.74, 6) is 1.86. The molecule has 1 unspecified atom stereocenters. The fourth-order valence-electron chi connectivity index (χ4n) is 2.37. The lowest BCUT2D eigenvalue weighted by molar-refractivity contribution is 0.675. The number of alkyl halides is 1. The SMILES string of the molecule is Cc1cc2c(N3CCC(CBr)C3)ncnc2s1. The van der Waals surface area contributed by atoms with Gasteiger partial charge in [-0.1, -0.05) is 15.9 Å². The number of anilines is 1. The highest BCUT2D eigenvalue weighted by Crippen LogP contribution is 2.32. The molecule has 3 heterocycles. The van der Waals surface area contributed by atoms with Gasteiger partial charge in [0.15, 0.2) is 0 Å². The van der Waals surface area contributed by atoms with Crippen LogP contribution in [0.3, 0.4) is 0 Å². The molecule has 1 aliphatic rings. The predicted molar refractivity (Wildman–Crippen MR) is 76.3 cm³/mol. The van der Waals surface area contributed by atoms with E-state index in [0.29, 0.717) is 0 Å². The van der Waals surface area contributed by atoms with Crippen LogP contribution in [0.1, 0.15) is 11.3 Å². The van der Waals surface area contributed by atoms with Gasteiger partial charge in [0.05, 0.1) is 5.39 Å². The molecule has 0 bridgehead atoms. The number of fused-ring (bicyclic) bond motifs is 1. The number of thiophene rings is 1. The smallest absolute Gasteiger partial charge is 0.140 e. The van der Waals surface area contributed by atoms with Gasteiger partial charge in [-0.15, -0.1) is 11.3 Å². The summed E-state index contributed by atoms with van der Waals surface area (Å²) < 4.78 is 0. The molecule has 0 aliphatic carbocycles. The first-order valence-corrected chi connectivity index (χ1v) is 7.74. The zero-order chi connectivity index (χ0) is 11.8. The summed E-state index contributed by atoms with van der Waals surface area (Å²) in [4.78, 5) is 13.6. The molecule has 5 heteroatoms. The molecule has 1 saturated heterocycles. The van der Waals surface area contributed by atoms with E-state index in [0.717, 1.165) is 35.0 Å². The van der Waals surface area contributed by atoms with Gasteiger partial charge >= 0.3 is 0 Å². The van der Waals surface area contributed by atoms with E-state index in [1.54, 1.807) is 17.7 Å². The molecule has 3 nitrogen and oxygen atoms in total. The molecule has 90 valence electrons. The predicted octanol–water partition coefficient (Wildman–Crippen LogP) is 3.22. The normalized spacial score (nSPS) is 20.4. The lowest BCUT2D eigenvalue weighted by atomic mass is 10.2. The van der Waals surface area contributed by atoms with Gasteiger partial charge in [0, 0.05) is 23.3 Å². The van der Waals surface area contributed by atoms with Crippen molar-refractivity contribution in [1.82, 2.24) is 9.97 Å². The van der Waals surface area contributed by atoms with Crippen LogP contribution in [0, 0.1) is 12.8 Å². The number of aromatic nitrogens is 2. The van der Waals surface area contributed by atoms with Crippen LogP contribution in [0.25, 0.3) is 10.2 Å². The minimum atomic E-state index is 0.750. The second-order valence-corrected chi connectivity index (χ2v) is 6.41. The Morgan fingerprint density at radius 1 is 1.53 bits per heavy atom. The third-order valence-electron chi connectivity index (χ3n) is 3.24. The van der Waals surface area contributed by atoms with Crippen LogP contribution in [-0.2, 0) is 0 Å². The Morgan fingerprint density at radius 2 is 2.41 bits per heavy atom.